The molecule has 0 saturated carbocycles. The van der Waals surface area contributed by atoms with Gasteiger partial charge in [0.05, 0.1) is 12.5 Å². The van der Waals surface area contributed by atoms with Crippen LogP contribution in [-0.4, -0.2) is 31.0 Å². The molecule has 6 heteroatoms. The molecule has 0 atom stereocenters. The number of nitrogens with zero attached hydrogens (tertiary/aromatic N) is 1. The Kier molecular flexibility index (Phi) is 5.36. The number of hydrogen-bond donors (Lipinski definition) is 2. The second-order valence-corrected chi connectivity index (χ2v) is 4.72. The fourth-order valence-electron chi connectivity index (χ4n) is 1.90. The topological polar surface area (TPSA) is 80.7 Å². The lowest BCUT2D eigenvalue weighted by Crippen LogP contribution is -2.30. The van der Waals surface area contributed by atoms with Crippen molar-refractivity contribution < 1.29 is 13.9 Å². The molecule has 0 aliphatic heterocycles. The first kappa shape index (κ1) is 15.1. The van der Waals surface area contributed by atoms with Gasteiger partial charge in [0.1, 0.15) is 12.4 Å². The summed E-state index contributed by atoms with van der Waals surface area (Å²) in [7, 11) is 2.01. The Morgan fingerprint density at radius 3 is 3.00 bits per heavy atom. The summed E-state index contributed by atoms with van der Waals surface area (Å²) in [6.45, 7) is 2.09. The average molecular weight is 289 g/mol. The number of nitrogens with two attached hydrogens (primary N) is 1. The fraction of sp³-hybridized carbons (Fsp3) is 0.267. The number of furan rings is 1. The maximum atomic E-state index is 11.4. The van der Waals surface area contributed by atoms with Crippen LogP contribution >= 0.6 is 0 Å². The van der Waals surface area contributed by atoms with Crippen molar-refractivity contribution in [3.8, 4) is 5.75 Å². The summed E-state index contributed by atoms with van der Waals surface area (Å²) in [6, 6.07) is 8.85. The number of nitrogens with one attached hydrogen (secondary N) is 1. The number of amides is 1. The molecule has 0 aliphatic carbocycles. The van der Waals surface area contributed by atoms with Gasteiger partial charge >= 0.3 is 0 Å². The highest BCUT2D eigenvalue weighted by molar-refractivity contribution is 5.94. The first-order valence-electron chi connectivity index (χ1n) is 6.62. The van der Waals surface area contributed by atoms with Crippen LogP contribution in [0.25, 0.3) is 0 Å². The zero-order valence-corrected chi connectivity index (χ0v) is 11.9. The van der Waals surface area contributed by atoms with Crippen molar-refractivity contribution >= 4 is 5.91 Å². The molecule has 0 spiro atoms. The fourth-order valence-corrected chi connectivity index (χ4v) is 1.90. The summed E-state index contributed by atoms with van der Waals surface area (Å²) in [5.41, 5.74) is 3.69. The zero-order chi connectivity index (χ0) is 15.1. The van der Waals surface area contributed by atoms with Crippen LogP contribution in [-0.2, 0) is 6.54 Å². The molecule has 0 unspecified atom stereocenters. The van der Waals surface area contributed by atoms with Crippen molar-refractivity contribution in [1.29, 1.82) is 0 Å². The predicted octanol–water partition coefficient (Wildman–Crippen LogP) is 1.39. The smallest absolute Gasteiger partial charge is 0.265 e. The average Bonchev–Trinajstić information content (AvgIpc) is 2.99. The van der Waals surface area contributed by atoms with Gasteiger partial charge in [0, 0.05) is 24.2 Å². The molecule has 0 saturated heterocycles. The minimum atomic E-state index is -0.336. The highest BCUT2D eigenvalue weighted by atomic mass is 16.5. The molecule has 21 heavy (non-hydrogen) atoms. The maximum absolute atomic E-state index is 11.4. The molecule has 2 rings (SSSR count). The van der Waals surface area contributed by atoms with Gasteiger partial charge in [-0.25, -0.2) is 5.84 Å². The van der Waals surface area contributed by atoms with E-state index in [0.29, 0.717) is 17.9 Å². The number of rotatable bonds is 7. The summed E-state index contributed by atoms with van der Waals surface area (Å²) in [5.74, 6) is 5.41. The van der Waals surface area contributed by atoms with Crippen LogP contribution in [0.15, 0.2) is 47.3 Å². The quantitative estimate of drug-likeness (QED) is 0.457. The summed E-state index contributed by atoms with van der Waals surface area (Å²) < 4.78 is 10.7. The van der Waals surface area contributed by atoms with Gasteiger partial charge in [-0.15, -0.1) is 0 Å². The minimum absolute atomic E-state index is 0.336. The van der Waals surface area contributed by atoms with Crippen LogP contribution < -0.4 is 16.0 Å². The first-order chi connectivity index (χ1) is 10.2. The van der Waals surface area contributed by atoms with E-state index in [0.717, 1.165) is 18.7 Å². The molecule has 1 aromatic carbocycles. The number of nitrogen functional groups attached to an aromatic ring is 1. The van der Waals surface area contributed by atoms with Crippen molar-refractivity contribution in [2.24, 2.45) is 5.84 Å². The summed E-state index contributed by atoms with van der Waals surface area (Å²) in [6.07, 6.45) is 3.39. The number of carbonyl (C=O) groups is 1. The van der Waals surface area contributed by atoms with E-state index in [1.54, 1.807) is 30.7 Å². The number of ether oxygens (including phenoxy) is 1. The van der Waals surface area contributed by atoms with Gasteiger partial charge in [-0.05, 0) is 31.3 Å². The Morgan fingerprint density at radius 2 is 2.29 bits per heavy atom. The summed E-state index contributed by atoms with van der Waals surface area (Å²) >= 11 is 0. The molecule has 0 bridgehead atoms. The third kappa shape index (κ3) is 4.62. The van der Waals surface area contributed by atoms with Gasteiger partial charge in [0.15, 0.2) is 0 Å². The molecule has 1 heterocycles. The van der Waals surface area contributed by atoms with Crippen LogP contribution in [0.1, 0.15) is 15.9 Å². The van der Waals surface area contributed by atoms with E-state index >= 15 is 0 Å². The summed E-state index contributed by atoms with van der Waals surface area (Å²) in [4.78, 5) is 13.5. The van der Waals surface area contributed by atoms with Crippen LogP contribution in [0.5, 0.6) is 5.75 Å². The normalized spacial score (nSPS) is 10.6. The third-order valence-electron chi connectivity index (χ3n) is 3.00. The second kappa shape index (κ2) is 7.47. The molecule has 6 nitrogen and oxygen atoms in total. The van der Waals surface area contributed by atoms with Crippen molar-refractivity contribution in [3.05, 3.63) is 54.0 Å². The Bertz CT molecular complexity index is 569. The molecule has 1 aromatic heterocycles. The lowest BCUT2D eigenvalue weighted by Gasteiger charge is -2.16. The van der Waals surface area contributed by atoms with E-state index in [1.807, 2.05) is 19.2 Å². The number of carbonyl (C=O) groups excluding carboxylic acids is 1. The molecule has 1 amide bonds. The largest absolute Gasteiger partial charge is 0.492 e. The molecule has 0 aliphatic rings. The van der Waals surface area contributed by atoms with Crippen LogP contribution in [0.4, 0.5) is 0 Å². The lowest BCUT2D eigenvalue weighted by molar-refractivity contribution is 0.0953. The molecule has 0 fully saturated rings. The van der Waals surface area contributed by atoms with Gasteiger partial charge in [0.2, 0.25) is 0 Å². The zero-order valence-electron chi connectivity index (χ0n) is 11.9. The highest BCUT2D eigenvalue weighted by Gasteiger charge is 2.05. The van der Waals surface area contributed by atoms with Gasteiger partial charge in [-0.1, -0.05) is 6.07 Å². The van der Waals surface area contributed by atoms with E-state index in [-0.39, 0.29) is 5.91 Å². The van der Waals surface area contributed by atoms with Gasteiger partial charge in [0.25, 0.3) is 5.91 Å². The van der Waals surface area contributed by atoms with Crippen molar-refractivity contribution in [2.75, 3.05) is 20.2 Å². The molecular formula is C15H19N3O3. The monoisotopic (exact) mass is 289 g/mol. The standard InChI is InChI=1S/C15H19N3O3/c1-18(10-12-5-7-20-11-12)6-8-21-14-4-2-3-13(9-14)15(19)17-16/h2-5,7,9,11H,6,8,10,16H2,1H3,(H,17,19). The van der Waals surface area contributed by atoms with Gasteiger partial charge in [-0.3, -0.25) is 15.1 Å². The number of hydrogen-bond acceptors (Lipinski definition) is 5. The Balaban J connectivity index is 1.79. The third-order valence-corrected chi connectivity index (χ3v) is 3.00. The highest BCUT2D eigenvalue weighted by Crippen LogP contribution is 2.13. The van der Waals surface area contributed by atoms with Crippen LogP contribution in [0.3, 0.4) is 0 Å². The SMILES string of the molecule is CN(CCOc1cccc(C(=O)NN)c1)Cc1ccoc1. The van der Waals surface area contributed by atoms with E-state index in [2.05, 4.69) is 10.3 Å². The van der Waals surface area contributed by atoms with Crippen LogP contribution in [0.2, 0.25) is 0 Å². The van der Waals surface area contributed by atoms with Crippen molar-refractivity contribution in [3.63, 3.8) is 0 Å². The van der Waals surface area contributed by atoms with Gasteiger partial charge < -0.3 is 9.15 Å². The number of likely N-dealkylation sites (N-methyl/N-ethyl adjacent to an activating group) is 1. The van der Waals surface area contributed by atoms with Crippen LogP contribution in [0, 0.1) is 0 Å². The molecule has 0 radical (unpaired) electrons. The molecular weight excluding hydrogens is 270 g/mol. The van der Waals surface area contributed by atoms with Gasteiger partial charge in [-0.2, -0.15) is 0 Å². The molecule has 2 aromatic rings. The number of benzene rings is 1. The second-order valence-electron chi connectivity index (χ2n) is 4.72. The number of hydrazine groups is 1. The lowest BCUT2D eigenvalue weighted by atomic mass is 10.2. The predicted molar refractivity (Wildman–Crippen MR) is 78.6 cm³/mol. The Morgan fingerprint density at radius 1 is 1.43 bits per heavy atom. The summed E-state index contributed by atoms with van der Waals surface area (Å²) in [5, 5.41) is 0. The van der Waals surface area contributed by atoms with Crippen molar-refractivity contribution in [1.82, 2.24) is 10.3 Å². The molecule has 112 valence electrons. The minimum Gasteiger partial charge on any atom is -0.492 e. The van der Waals surface area contributed by atoms with E-state index in [9.17, 15) is 4.79 Å². The van der Waals surface area contributed by atoms with E-state index in [4.69, 9.17) is 15.0 Å². The van der Waals surface area contributed by atoms with E-state index < -0.39 is 0 Å². The maximum Gasteiger partial charge on any atom is 0.265 e. The Hall–Kier alpha value is -2.31. The van der Waals surface area contributed by atoms with E-state index in [1.165, 1.54) is 0 Å². The van der Waals surface area contributed by atoms with Crippen molar-refractivity contribution in [2.45, 2.75) is 6.54 Å². The molecule has 3 N–H and O–H groups in total. The Labute approximate surface area is 123 Å². The first-order valence-corrected chi connectivity index (χ1v) is 6.62.